The average Bonchev–Trinajstić information content (AvgIpc) is 3.18. The van der Waals surface area contributed by atoms with Gasteiger partial charge in [-0.3, -0.25) is 14.3 Å². The largest absolute Gasteiger partial charge is 0.344 e. The van der Waals surface area contributed by atoms with Gasteiger partial charge in [-0.25, -0.2) is 4.39 Å². The maximum atomic E-state index is 13.9. The van der Waals surface area contributed by atoms with Gasteiger partial charge >= 0.3 is 0 Å². The van der Waals surface area contributed by atoms with Crippen molar-refractivity contribution in [1.82, 2.24) is 20.0 Å². The molecule has 0 fully saturated rings. The summed E-state index contributed by atoms with van der Waals surface area (Å²) in [6, 6.07) is 17.3. The Kier molecular flexibility index (Phi) is 5.12. The number of rotatable bonds is 5. The number of carbonyl (C=O) groups is 2. The minimum absolute atomic E-state index is 0.184. The van der Waals surface area contributed by atoms with E-state index in [-0.39, 0.29) is 35.9 Å². The molecule has 0 saturated carbocycles. The molecule has 6 nitrogen and oxygen atoms in total. The number of halogens is 1. The summed E-state index contributed by atoms with van der Waals surface area (Å²) < 4.78 is 15.5. The molecule has 0 saturated heterocycles. The van der Waals surface area contributed by atoms with Gasteiger partial charge in [0.05, 0.1) is 12.6 Å². The first kappa shape index (κ1) is 18.9. The summed E-state index contributed by atoms with van der Waals surface area (Å²) in [6.45, 7) is 2.94. The Morgan fingerprint density at radius 3 is 2.62 bits per heavy atom. The zero-order chi connectivity index (χ0) is 20.4. The Labute approximate surface area is 167 Å². The van der Waals surface area contributed by atoms with Crippen LogP contribution in [0.5, 0.6) is 0 Å². The maximum absolute atomic E-state index is 13.9. The Morgan fingerprint density at radius 2 is 1.86 bits per heavy atom. The van der Waals surface area contributed by atoms with Crippen LogP contribution in [0.15, 0.2) is 60.7 Å². The minimum atomic E-state index is -0.339. The Morgan fingerprint density at radius 1 is 1.14 bits per heavy atom. The van der Waals surface area contributed by atoms with E-state index in [1.807, 2.05) is 37.3 Å². The number of hydrogen-bond donors (Lipinski definition) is 1. The summed E-state index contributed by atoms with van der Waals surface area (Å²) in [4.78, 5) is 27.0. The van der Waals surface area contributed by atoms with Crippen LogP contribution in [0.25, 0.3) is 0 Å². The van der Waals surface area contributed by atoms with Gasteiger partial charge in [0.15, 0.2) is 5.69 Å². The summed E-state index contributed by atoms with van der Waals surface area (Å²) in [5.74, 6) is -0.937. The van der Waals surface area contributed by atoms with Crippen molar-refractivity contribution in [2.45, 2.75) is 26.1 Å². The van der Waals surface area contributed by atoms with E-state index in [1.54, 1.807) is 27.8 Å². The Bertz CT molecular complexity index is 1050. The standard InChI is InChI=1S/C22H21FN4O2/c1-15(16-7-3-2-4-8-16)24-21(28)19-13-20-22(29)26(11-12-27(20)25-19)14-17-9-5-6-10-18(17)23/h2-10,13,15H,11-12,14H2,1H3,(H,24,28). The third kappa shape index (κ3) is 3.89. The van der Waals surface area contributed by atoms with Gasteiger partial charge in [0.2, 0.25) is 0 Å². The lowest BCUT2D eigenvalue weighted by Crippen LogP contribution is -2.40. The predicted molar refractivity (Wildman–Crippen MR) is 106 cm³/mol. The number of nitrogens with zero attached hydrogens (tertiary/aromatic N) is 3. The fourth-order valence-corrected chi connectivity index (χ4v) is 3.43. The molecule has 29 heavy (non-hydrogen) atoms. The molecule has 4 rings (SSSR count). The first-order valence-corrected chi connectivity index (χ1v) is 9.49. The molecule has 2 aromatic carbocycles. The van der Waals surface area contributed by atoms with Crippen LogP contribution in [-0.4, -0.2) is 33.0 Å². The first-order valence-electron chi connectivity index (χ1n) is 9.49. The Hall–Kier alpha value is -3.48. The molecule has 2 amide bonds. The minimum Gasteiger partial charge on any atom is -0.344 e. The number of benzene rings is 2. The van der Waals surface area contributed by atoms with E-state index in [4.69, 9.17) is 0 Å². The molecule has 1 N–H and O–H groups in total. The van der Waals surface area contributed by atoms with Crippen molar-refractivity contribution in [3.8, 4) is 0 Å². The number of fused-ring (bicyclic) bond motifs is 1. The normalized spacial score (nSPS) is 14.4. The zero-order valence-electron chi connectivity index (χ0n) is 16.0. The van der Waals surface area contributed by atoms with Crippen molar-refractivity contribution in [2.24, 2.45) is 0 Å². The second kappa shape index (κ2) is 7.87. The predicted octanol–water partition coefficient (Wildman–Crippen LogP) is 3.17. The van der Waals surface area contributed by atoms with Crippen LogP contribution >= 0.6 is 0 Å². The van der Waals surface area contributed by atoms with Crippen molar-refractivity contribution < 1.29 is 14.0 Å². The second-order valence-corrected chi connectivity index (χ2v) is 7.06. The third-order valence-corrected chi connectivity index (χ3v) is 5.07. The molecule has 3 aromatic rings. The highest BCUT2D eigenvalue weighted by Crippen LogP contribution is 2.19. The van der Waals surface area contributed by atoms with Crippen LogP contribution in [0, 0.1) is 5.82 Å². The van der Waals surface area contributed by atoms with Crippen LogP contribution in [-0.2, 0) is 13.1 Å². The van der Waals surface area contributed by atoms with E-state index in [2.05, 4.69) is 10.4 Å². The van der Waals surface area contributed by atoms with E-state index < -0.39 is 0 Å². The summed E-state index contributed by atoms with van der Waals surface area (Å²) in [5.41, 5.74) is 1.98. The molecule has 1 aromatic heterocycles. The fourth-order valence-electron chi connectivity index (χ4n) is 3.43. The van der Waals surface area contributed by atoms with Gasteiger partial charge in [-0.1, -0.05) is 48.5 Å². The average molecular weight is 392 g/mol. The highest BCUT2D eigenvalue weighted by molar-refractivity contribution is 5.98. The number of amides is 2. The van der Waals surface area contributed by atoms with Crippen molar-refractivity contribution in [2.75, 3.05) is 6.54 Å². The van der Waals surface area contributed by atoms with Crippen molar-refractivity contribution in [3.63, 3.8) is 0 Å². The monoisotopic (exact) mass is 392 g/mol. The van der Waals surface area contributed by atoms with Gasteiger partial charge < -0.3 is 10.2 Å². The Balaban J connectivity index is 1.48. The van der Waals surface area contributed by atoms with Gasteiger partial charge in [0.25, 0.3) is 11.8 Å². The highest BCUT2D eigenvalue weighted by atomic mass is 19.1. The molecule has 2 heterocycles. The van der Waals surface area contributed by atoms with Gasteiger partial charge in [-0.2, -0.15) is 5.10 Å². The van der Waals surface area contributed by atoms with Crippen LogP contribution in [0.3, 0.4) is 0 Å². The van der Waals surface area contributed by atoms with Crippen molar-refractivity contribution >= 4 is 11.8 Å². The lowest BCUT2D eigenvalue weighted by atomic mass is 10.1. The van der Waals surface area contributed by atoms with E-state index >= 15 is 0 Å². The molecule has 1 atom stereocenters. The molecule has 148 valence electrons. The molecule has 1 unspecified atom stereocenters. The van der Waals surface area contributed by atoms with E-state index in [1.165, 1.54) is 12.1 Å². The number of carbonyl (C=O) groups excluding carboxylic acids is 2. The number of nitrogens with one attached hydrogen (secondary N) is 1. The second-order valence-electron chi connectivity index (χ2n) is 7.06. The van der Waals surface area contributed by atoms with Crippen LogP contribution in [0.4, 0.5) is 4.39 Å². The molecule has 0 radical (unpaired) electrons. The smallest absolute Gasteiger partial charge is 0.272 e. The van der Waals surface area contributed by atoms with Gasteiger partial charge in [-0.05, 0) is 18.6 Å². The number of aromatic nitrogens is 2. The third-order valence-electron chi connectivity index (χ3n) is 5.07. The van der Waals surface area contributed by atoms with E-state index in [0.717, 1.165) is 5.56 Å². The van der Waals surface area contributed by atoms with Crippen molar-refractivity contribution in [1.29, 1.82) is 0 Å². The van der Waals surface area contributed by atoms with E-state index in [0.29, 0.717) is 24.3 Å². The van der Waals surface area contributed by atoms with Crippen LogP contribution < -0.4 is 5.32 Å². The highest BCUT2D eigenvalue weighted by Gasteiger charge is 2.28. The van der Waals surface area contributed by atoms with Crippen LogP contribution in [0.2, 0.25) is 0 Å². The van der Waals surface area contributed by atoms with E-state index in [9.17, 15) is 14.0 Å². The summed E-state index contributed by atoms with van der Waals surface area (Å²) in [7, 11) is 0. The molecule has 7 heteroatoms. The van der Waals surface area contributed by atoms with Crippen LogP contribution in [0.1, 0.15) is 45.1 Å². The number of hydrogen-bond acceptors (Lipinski definition) is 3. The van der Waals surface area contributed by atoms with Crippen molar-refractivity contribution in [3.05, 3.63) is 89.0 Å². The molecule has 1 aliphatic rings. The quantitative estimate of drug-likeness (QED) is 0.725. The lowest BCUT2D eigenvalue weighted by Gasteiger charge is -2.27. The zero-order valence-corrected chi connectivity index (χ0v) is 16.0. The molecule has 1 aliphatic heterocycles. The summed E-state index contributed by atoms with van der Waals surface area (Å²) in [5, 5.41) is 7.20. The van der Waals surface area contributed by atoms with Gasteiger partial charge in [0.1, 0.15) is 11.5 Å². The SMILES string of the molecule is CC(NC(=O)c1cc2n(n1)CCN(Cc1ccccc1F)C2=O)c1ccccc1. The summed E-state index contributed by atoms with van der Waals surface area (Å²) in [6.07, 6.45) is 0. The summed E-state index contributed by atoms with van der Waals surface area (Å²) >= 11 is 0. The molecule has 0 aliphatic carbocycles. The molecule has 0 spiro atoms. The topological polar surface area (TPSA) is 67.2 Å². The molecular formula is C22H21FN4O2. The molecule has 0 bridgehead atoms. The maximum Gasteiger partial charge on any atom is 0.272 e. The first-order chi connectivity index (χ1) is 14.0. The molecular weight excluding hydrogens is 371 g/mol. The van der Waals surface area contributed by atoms with Gasteiger partial charge in [0, 0.05) is 24.7 Å². The van der Waals surface area contributed by atoms with Gasteiger partial charge in [-0.15, -0.1) is 0 Å². The lowest BCUT2D eigenvalue weighted by molar-refractivity contribution is 0.0681. The fraction of sp³-hybridized carbons (Fsp3) is 0.227.